The maximum absolute atomic E-state index is 13.6. The van der Waals surface area contributed by atoms with E-state index in [0.29, 0.717) is 12.8 Å². The minimum absolute atomic E-state index is 0.0235. The molecule has 0 saturated carbocycles. The van der Waals surface area contributed by atoms with Gasteiger partial charge >= 0.3 is 0 Å². The van der Waals surface area contributed by atoms with E-state index in [0.717, 1.165) is 22.6 Å². The first kappa shape index (κ1) is 27.0. The summed E-state index contributed by atoms with van der Waals surface area (Å²) in [6.07, 6.45) is 0.962. The van der Waals surface area contributed by atoms with E-state index < -0.39 is 7.92 Å². The Balaban J connectivity index is 1.69. The average molecular weight is 557 g/mol. The van der Waals surface area contributed by atoms with E-state index in [1.54, 1.807) is 14.2 Å². The lowest BCUT2D eigenvalue weighted by Crippen LogP contribution is -2.26. The quantitative estimate of drug-likeness (QED) is 0.188. The molecule has 1 aliphatic rings. The number of rotatable bonds is 7. The smallest absolute Gasteiger partial charge is 0.134 e. The maximum atomic E-state index is 13.6. The molecule has 4 heteroatoms. The number of benzene rings is 5. The van der Waals surface area contributed by atoms with E-state index in [-0.39, 0.29) is 17.1 Å². The zero-order valence-corrected chi connectivity index (χ0v) is 24.3. The molecule has 1 saturated heterocycles. The van der Waals surface area contributed by atoms with Crippen molar-refractivity contribution >= 4 is 19.0 Å². The summed E-state index contributed by atoms with van der Waals surface area (Å²) in [7, 11) is 2.45. The monoisotopic (exact) mass is 556 g/mol. The van der Waals surface area contributed by atoms with Crippen LogP contribution in [0.4, 0.5) is 0 Å². The molecule has 0 amide bonds. The second-order valence-electron chi connectivity index (χ2n) is 10.3. The molecule has 0 bridgehead atoms. The molecule has 5 aromatic rings. The van der Waals surface area contributed by atoms with Crippen LogP contribution in [0.25, 0.3) is 22.3 Å². The summed E-state index contributed by atoms with van der Waals surface area (Å²) in [6.45, 7) is 0. The first-order chi connectivity index (χ1) is 20.2. The molecule has 1 fully saturated rings. The molecule has 3 nitrogen and oxygen atoms in total. The van der Waals surface area contributed by atoms with Gasteiger partial charge in [-0.3, -0.25) is 4.79 Å². The fourth-order valence-corrected chi connectivity index (χ4v) is 10.0. The Morgan fingerprint density at radius 1 is 0.537 bits per heavy atom. The molecule has 1 heterocycles. The van der Waals surface area contributed by atoms with Crippen molar-refractivity contribution in [3.8, 4) is 33.8 Å². The average Bonchev–Trinajstić information content (AvgIpc) is 3.05. The Hall–Kier alpha value is -4.20. The minimum atomic E-state index is -0.986. The van der Waals surface area contributed by atoms with Crippen molar-refractivity contribution in [3.05, 3.63) is 139 Å². The van der Waals surface area contributed by atoms with Crippen molar-refractivity contribution in [2.45, 2.75) is 24.2 Å². The van der Waals surface area contributed by atoms with Crippen molar-refractivity contribution in [3.63, 3.8) is 0 Å². The van der Waals surface area contributed by atoms with Gasteiger partial charge in [0, 0.05) is 35.3 Å². The van der Waals surface area contributed by atoms with E-state index in [9.17, 15) is 4.79 Å². The molecule has 0 aromatic heterocycles. The normalized spacial score (nSPS) is 18.6. The van der Waals surface area contributed by atoms with Gasteiger partial charge in [0.25, 0.3) is 0 Å². The summed E-state index contributed by atoms with van der Waals surface area (Å²) in [5, 5.41) is 1.32. The number of methoxy groups -OCH3 is 2. The van der Waals surface area contributed by atoms with Gasteiger partial charge in [-0.25, -0.2) is 0 Å². The van der Waals surface area contributed by atoms with Crippen molar-refractivity contribution in [1.82, 2.24) is 0 Å². The van der Waals surface area contributed by atoms with Gasteiger partial charge in [-0.1, -0.05) is 123 Å². The van der Waals surface area contributed by atoms with Crippen LogP contribution in [0, 0.1) is 0 Å². The molecule has 6 rings (SSSR count). The zero-order valence-electron chi connectivity index (χ0n) is 23.4. The highest BCUT2D eigenvalue weighted by molar-refractivity contribution is 7.67. The first-order valence-electron chi connectivity index (χ1n) is 14.0. The number of carbonyl (C=O) groups is 1. The standard InChI is InChI=1S/C37H33O3P/c1-39-33-22-11-9-18-31(33)35-24-28(38)25-36(32-19-10-12-23-34(32)40-2)41(35)37-29(26-14-5-3-6-15-26)20-13-21-30(37)27-16-7-4-8-17-27/h3-23,35-36H,24-25H2,1-2H3. The third kappa shape index (κ3) is 5.31. The van der Waals surface area contributed by atoms with Crippen molar-refractivity contribution < 1.29 is 14.3 Å². The summed E-state index contributed by atoms with van der Waals surface area (Å²) in [4.78, 5) is 13.6. The highest BCUT2D eigenvalue weighted by atomic mass is 31.1. The van der Waals surface area contributed by atoms with E-state index in [2.05, 4.69) is 103 Å². The third-order valence-electron chi connectivity index (χ3n) is 7.97. The second-order valence-corrected chi connectivity index (χ2v) is 12.8. The molecule has 204 valence electrons. The van der Waals surface area contributed by atoms with E-state index in [4.69, 9.17) is 9.47 Å². The van der Waals surface area contributed by atoms with Crippen molar-refractivity contribution in [2.75, 3.05) is 14.2 Å². The predicted molar refractivity (Wildman–Crippen MR) is 170 cm³/mol. The molecule has 0 aliphatic carbocycles. The van der Waals surface area contributed by atoms with Gasteiger partial charge < -0.3 is 9.47 Å². The number of ketones is 1. The molecule has 2 unspecified atom stereocenters. The van der Waals surface area contributed by atoms with Gasteiger partial charge in [0.05, 0.1) is 14.2 Å². The Morgan fingerprint density at radius 3 is 1.39 bits per heavy atom. The summed E-state index contributed by atoms with van der Waals surface area (Å²) in [5.41, 5.74) is 6.93. The Bertz CT molecular complexity index is 1530. The first-order valence-corrected chi connectivity index (χ1v) is 15.5. The van der Waals surface area contributed by atoms with Crippen LogP contribution in [0.3, 0.4) is 0 Å². The molecule has 5 aromatic carbocycles. The van der Waals surface area contributed by atoms with Crippen LogP contribution >= 0.6 is 7.92 Å². The van der Waals surface area contributed by atoms with Gasteiger partial charge in [0.15, 0.2) is 0 Å². The number of hydrogen-bond donors (Lipinski definition) is 0. The molecule has 0 N–H and O–H groups in total. The van der Waals surface area contributed by atoms with Crippen molar-refractivity contribution in [1.29, 1.82) is 0 Å². The topological polar surface area (TPSA) is 35.5 Å². The Labute approximate surface area is 243 Å². The van der Waals surface area contributed by atoms with Crippen LogP contribution in [0.2, 0.25) is 0 Å². The largest absolute Gasteiger partial charge is 0.496 e. The fraction of sp³-hybridized carbons (Fsp3) is 0.162. The summed E-state index contributed by atoms with van der Waals surface area (Å²) in [5.74, 6) is 1.93. The highest BCUT2D eigenvalue weighted by Crippen LogP contribution is 2.69. The molecular formula is C37H33O3P. The Morgan fingerprint density at radius 2 is 0.951 bits per heavy atom. The molecule has 0 spiro atoms. The highest BCUT2D eigenvalue weighted by Gasteiger charge is 2.43. The van der Waals surface area contributed by atoms with E-state index in [1.807, 2.05) is 24.3 Å². The van der Waals surface area contributed by atoms with Gasteiger partial charge in [0.1, 0.15) is 17.3 Å². The number of hydrogen-bond acceptors (Lipinski definition) is 3. The van der Waals surface area contributed by atoms with Gasteiger partial charge in [-0.15, -0.1) is 0 Å². The Kier molecular flexibility index (Phi) is 7.98. The number of para-hydroxylation sites is 2. The summed E-state index contributed by atoms with van der Waals surface area (Å²) in [6, 6.07) is 44.4. The summed E-state index contributed by atoms with van der Waals surface area (Å²) >= 11 is 0. The molecule has 2 atom stereocenters. The molecule has 1 aliphatic heterocycles. The third-order valence-corrected chi connectivity index (χ3v) is 11.2. The van der Waals surface area contributed by atoms with Crippen LogP contribution in [0.1, 0.15) is 35.3 Å². The SMILES string of the molecule is COc1ccccc1C1CC(=O)CC(c2ccccc2OC)P1c1c(-c2ccccc2)cccc1-c1ccccc1. The number of carbonyl (C=O) groups excluding carboxylic acids is 1. The number of Topliss-reactive ketones (excluding diaryl/α,β-unsaturated/α-hetero) is 1. The summed E-state index contributed by atoms with van der Waals surface area (Å²) < 4.78 is 11.8. The van der Waals surface area contributed by atoms with Crippen LogP contribution in [-0.2, 0) is 4.79 Å². The van der Waals surface area contributed by atoms with E-state index >= 15 is 0 Å². The lowest BCUT2D eigenvalue weighted by atomic mass is 9.98. The lowest BCUT2D eigenvalue weighted by molar-refractivity contribution is -0.119. The van der Waals surface area contributed by atoms with Crippen LogP contribution in [-0.4, -0.2) is 20.0 Å². The fourth-order valence-electron chi connectivity index (χ4n) is 6.17. The maximum Gasteiger partial charge on any atom is 0.134 e. The van der Waals surface area contributed by atoms with Crippen LogP contribution < -0.4 is 14.8 Å². The van der Waals surface area contributed by atoms with Gasteiger partial charge in [0.2, 0.25) is 0 Å². The second kappa shape index (κ2) is 12.1. The van der Waals surface area contributed by atoms with E-state index in [1.165, 1.54) is 27.6 Å². The minimum Gasteiger partial charge on any atom is -0.496 e. The molecule has 41 heavy (non-hydrogen) atoms. The molecular weight excluding hydrogens is 523 g/mol. The van der Waals surface area contributed by atoms with Crippen LogP contribution in [0.15, 0.2) is 127 Å². The molecule has 0 radical (unpaired) electrons. The zero-order chi connectivity index (χ0) is 28.2. The lowest BCUT2D eigenvalue weighted by Gasteiger charge is -2.41. The number of ether oxygens (including phenoxy) is 2. The predicted octanol–water partition coefficient (Wildman–Crippen LogP) is 8.99. The van der Waals surface area contributed by atoms with Gasteiger partial charge in [-0.2, -0.15) is 0 Å². The van der Waals surface area contributed by atoms with Gasteiger partial charge in [-0.05, 0) is 39.7 Å². The van der Waals surface area contributed by atoms with Crippen molar-refractivity contribution in [2.24, 2.45) is 0 Å². The van der Waals surface area contributed by atoms with Crippen LogP contribution in [0.5, 0.6) is 11.5 Å².